The van der Waals surface area contributed by atoms with Gasteiger partial charge in [0.25, 0.3) is 0 Å². The van der Waals surface area contributed by atoms with Gasteiger partial charge in [-0.05, 0) is 101 Å². The molecular formula is C55H37NO3. The smallest absolute Gasteiger partial charge is 0.143 e. The Morgan fingerprint density at radius 2 is 0.966 bits per heavy atom. The van der Waals surface area contributed by atoms with Crippen LogP contribution in [-0.2, 0) is 5.41 Å². The van der Waals surface area contributed by atoms with Crippen LogP contribution < -0.4 is 4.90 Å². The highest BCUT2D eigenvalue weighted by molar-refractivity contribution is 6.10. The number of para-hydroxylation sites is 4. The van der Waals surface area contributed by atoms with E-state index in [2.05, 4.69) is 170 Å². The fourth-order valence-electron chi connectivity index (χ4n) is 9.10. The van der Waals surface area contributed by atoms with E-state index >= 15 is 0 Å². The molecule has 11 aromatic rings. The second kappa shape index (κ2) is 13.0. The van der Waals surface area contributed by atoms with Gasteiger partial charge in [-0.2, -0.15) is 0 Å². The van der Waals surface area contributed by atoms with Crippen molar-refractivity contribution in [1.29, 1.82) is 0 Å². The molecule has 0 spiro atoms. The van der Waals surface area contributed by atoms with Gasteiger partial charge in [-0.15, -0.1) is 0 Å². The molecule has 280 valence electrons. The van der Waals surface area contributed by atoms with E-state index in [0.29, 0.717) is 0 Å². The van der Waals surface area contributed by atoms with Gasteiger partial charge in [-0.1, -0.05) is 128 Å². The molecule has 0 saturated heterocycles. The van der Waals surface area contributed by atoms with E-state index in [1.165, 1.54) is 5.56 Å². The zero-order chi connectivity index (χ0) is 39.1. The monoisotopic (exact) mass is 759 g/mol. The Bertz CT molecular complexity index is 3490. The molecule has 1 atom stereocenters. The molecule has 1 aliphatic rings. The molecule has 0 radical (unpaired) electrons. The van der Waals surface area contributed by atoms with E-state index < -0.39 is 0 Å². The average molecular weight is 760 g/mol. The van der Waals surface area contributed by atoms with Gasteiger partial charge in [0.2, 0.25) is 0 Å². The molecule has 12 rings (SSSR count). The van der Waals surface area contributed by atoms with Crippen LogP contribution in [0.3, 0.4) is 0 Å². The number of hydrogen-bond donors (Lipinski definition) is 0. The second-order valence-electron chi connectivity index (χ2n) is 15.9. The lowest BCUT2D eigenvalue weighted by molar-refractivity contribution is 0.595. The zero-order valence-corrected chi connectivity index (χ0v) is 32.4. The highest BCUT2D eigenvalue weighted by Gasteiger charge is 2.28. The van der Waals surface area contributed by atoms with Gasteiger partial charge >= 0.3 is 0 Å². The summed E-state index contributed by atoms with van der Waals surface area (Å²) in [6.07, 6.45) is 7.89. The van der Waals surface area contributed by atoms with Crippen LogP contribution in [0.2, 0.25) is 0 Å². The lowest BCUT2D eigenvalue weighted by Crippen LogP contribution is -2.24. The Kier molecular flexibility index (Phi) is 7.39. The first-order chi connectivity index (χ1) is 29.1. The molecule has 3 heterocycles. The van der Waals surface area contributed by atoms with Crippen LogP contribution in [-0.4, -0.2) is 0 Å². The van der Waals surface area contributed by atoms with Gasteiger partial charge in [0.15, 0.2) is 0 Å². The van der Waals surface area contributed by atoms with Crippen molar-refractivity contribution < 1.29 is 13.3 Å². The van der Waals surface area contributed by atoms with Crippen LogP contribution in [0.15, 0.2) is 213 Å². The third-order valence-corrected chi connectivity index (χ3v) is 12.3. The van der Waals surface area contributed by atoms with Crippen molar-refractivity contribution in [3.05, 3.63) is 205 Å². The fourth-order valence-corrected chi connectivity index (χ4v) is 9.10. The lowest BCUT2D eigenvalue weighted by Gasteiger charge is -2.33. The standard InChI is InChI=1S/C55H37NO3/c1-55(38-22-28-53-48(34-38)45-11-4-6-15-50(45)58-53)31-29-41(30-32-55)56(39-23-17-35(18-24-39)37-21-27-52-47(33-37)44-10-3-5-14-49(44)57-52)40-25-19-36(20-26-40)42-12-8-13-46-43-9-2-7-16-51(43)59-54(42)46/h2-31,33-34H,32H2,1H3. The van der Waals surface area contributed by atoms with Gasteiger partial charge in [-0.3, -0.25) is 0 Å². The summed E-state index contributed by atoms with van der Waals surface area (Å²) in [6, 6.07) is 62.1. The maximum absolute atomic E-state index is 6.42. The number of fused-ring (bicyclic) bond motifs is 9. The minimum atomic E-state index is -0.184. The van der Waals surface area contributed by atoms with E-state index in [1.807, 2.05) is 36.4 Å². The molecular weight excluding hydrogens is 723 g/mol. The maximum Gasteiger partial charge on any atom is 0.143 e. The first-order valence-electron chi connectivity index (χ1n) is 20.2. The molecule has 0 N–H and O–H groups in total. The minimum absolute atomic E-state index is 0.184. The van der Waals surface area contributed by atoms with Crippen LogP contribution in [0, 0.1) is 0 Å². The predicted molar refractivity (Wildman–Crippen MR) is 243 cm³/mol. The van der Waals surface area contributed by atoms with Crippen LogP contribution in [0.1, 0.15) is 18.9 Å². The normalized spacial score (nSPS) is 15.6. The number of nitrogens with zero attached hydrogens (tertiary/aromatic N) is 1. The van der Waals surface area contributed by atoms with E-state index in [1.54, 1.807) is 0 Å². The third-order valence-electron chi connectivity index (χ3n) is 12.3. The number of furan rings is 3. The summed E-state index contributed by atoms with van der Waals surface area (Å²) in [7, 11) is 0. The molecule has 0 saturated carbocycles. The van der Waals surface area contributed by atoms with Gasteiger partial charge in [-0.25, -0.2) is 0 Å². The van der Waals surface area contributed by atoms with Crippen LogP contribution in [0.5, 0.6) is 0 Å². The number of anilines is 2. The molecule has 4 heteroatoms. The van der Waals surface area contributed by atoms with Gasteiger partial charge in [0, 0.05) is 60.4 Å². The Labute approximate surface area is 340 Å². The van der Waals surface area contributed by atoms with Crippen LogP contribution >= 0.6 is 0 Å². The SMILES string of the molecule is CC1(c2ccc3oc4ccccc4c3c2)C=CC(N(c2ccc(-c3ccc4oc5ccccc5c4c3)cc2)c2ccc(-c3cccc4c3oc3ccccc34)cc2)=CC1. The number of rotatable bonds is 6. The molecule has 8 aromatic carbocycles. The summed E-state index contributed by atoms with van der Waals surface area (Å²) in [5.41, 5.74) is 14.3. The minimum Gasteiger partial charge on any atom is -0.456 e. The van der Waals surface area contributed by atoms with Crippen molar-refractivity contribution in [2.45, 2.75) is 18.8 Å². The summed E-state index contributed by atoms with van der Waals surface area (Å²) in [4.78, 5) is 2.37. The Hall–Kier alpha value is -7.56. The van der Waals surface area contributed by atoms with Crippen molar-refractivity contribution in [2.24, 2.45) is 0 Å². The Balaban J connectivity index is 0.921. The lowest BCUT2D eigenvalue weighted by atomic mass is 9.76. The van der Waals surface area contributed by atoms with Gasteiger partial charge in [0.1, 0.15) is 33.5 Å². The second-order valence-corrected chi connectivity index (χ2v) is 15.9. The fraction of sp³-hybridized carbons (Fsp3) is 0.0545. The molecule has 3 aromatic heterocycles. The topological polar surface area (TPSA) is 42.7 Å². The highest BCUT2D eigenvalue weighted by atomic mass is 16.3. The molecule has 1 aliphatic carbocycles. The van der Waals surface area contributed by atoms with E-state index in [-0.39, 0.29) is 5.41 Å². The van der Waals surface area contributed by atoms with Crippen LogP contribution in [0.4, 0.5) is 11.4 Å². The van der Waals surface area contributed by atoms with Crippen molar-refractivity contribution in [3.8, 4) is 22.3 Å². The quantitative estimate of drug-likeness (QED) is 0.169. The zero-order valence-electron chi connectivity index (χ0n) is 32.4. The maximum atomic E-state index is 6.42. The molecule has 0 fully saturated rings. The van der Waals surface area contributed by atoms with Crippen molar-refractivity contribution in [1.82, 2.24) is 0 Å². The van der Waals surface area contributed by atoms with Gasteiger partial charge in [0.05, 0.1) is 0 Å². The van der Waals surface area contributed by atoms with Crippen molar-refractivity contribution in [2.75, 3.05) is 4.90 Å². The summed E-state index contributed by atoms with van der Waals surface area (Å²) >= 11 is 0. The molecule has 59 heavy (non-hydrogen) atoms. The largest absolute Gasteiger partial charge is 0.456 e. The summed E-state index contributed by atoms with van der Waals surface area (Å²) in [5, 5.41) is 6.83. The molecule has 0 bridgehead atoms. The molecule has 4 nitrogen and oxygen atoms in total. The highest BCUT2D eigenvalue weighted by Crippen LogP contribution is 2.42. The molecule has 0 amide bonds. The van der Waals surface area contributed by atoms with E-state index in [9.17, 15) is 0 Å². The molecule has 1 unspecified atom stereocenters. The molecule has 0 aliphatic heterocycles. The summed E-state index contributed by atoms with van der Waals surface area (Å²) in [5.74, 6) is 0. The van der Waals surface area contributed by atoms with E-state index in [0.717, 1.165) is 112 Å². The number of allylic oxidation sites excluding steroid dienone is 3. The summed E-state index contributed by atoms with van der Waals surface area (Å²) in [6.45, 7) is 2.33. The van der Waals surface area contributed by atoms with Crippen molar-refractivity contribution >= 4 is 77.2 Å². The summed E-state index contributed by atoms with van der Waals surface area (Å²) < 4.78 is 18.7. The third kappa shape index (κ3) is 5.44. The first kappa shape index (κ1) is 33.6. The average Bonchev–Trinajstić information content (AvgIpc) is 3.99. The number of benzene rings is 8. The first-order valence-corrected chi connectivity index (χ1v) is 20.2. The van der Waals surface area contributed by atoms with Crippen molar-refractivity contribution in [3.63, 3.8) is 0 Å². The van der Waals surface area contributed by atoms with E-state index in [4.69, 9.17) is 13.3 Å². The van der Waals surface area contributed by atoms with Crippen LogP contribution in [0.25, 0.3) is 88.1 Å². The number of hydrogen-bond acceptors (Lipinski definition) is 4. The predicted octanol–water partition coefficient (Wildman–Crippen LogP) is 15.7. The Morgan fingerprint density at radius 1 is 0.441 bits per heavy atom. The Morgan fingerprint density at radius 3 is 1.61 bits per heavy atom. The van der Waals surface area contributed by atoms with Gasteiger partial charge < -0.3 is 18.2 Å².